The number of hydrogen-bond acceptors (Lipinski definition) is 4. The topological polar surface area (TPSA) is 49.3 Å². The van der Waals surface area contributed by atoms with Crippen molar-refractivity contribution in [3.63, 3.8) is 0 Å². The second-order valence-corrected chi connectivity index (χ2v) is 9.37. The summed E-state index contributed by atoms with van der Waals surface area (Å²) in [6.45, 7) is 11.9. The fourth-order valence-electron chi connectivity index (χ4n) is 4.35. The lowest BCUT2D eigenvalue weighted by atomic mass is 9.86. The fraction of sp³-hybridized carbons (Fsp3) is 0.542. The summed E-state index contributed by atoms with van der Waals surface area (Å²) >= 11 is 0. The van der Waals surface area contributed by atoms with E-state index < -0.39 is 0 Å². The van der Waals surface area contributed by atoms with Gasteiger partial charge in [0.2, 0.25) is 0 Å². The van der Waals surface area contributed by atoms with E-state index in [9.17, 15) is 4.79 Å². The predicted octanol–water partition coefficient (Wildman–Crippen LogP) is 4.27. The molecule has 2 aliphatic heterocycles. The van der Waals surface area contributed by atoms with Crippen LogP contribution in [0, 0.1) is 6.92 Å². The van der Waals surface area contributed by atoms with Gasteiger partial charge in [0.15, 0.2) is 0 Å². The van der Waals surface area contributed by atoms with E-state index in [-0.39, 0.29) is 11.3 Å². The van der Waals surface area contributed by atoms with E-state index in [0.29, 0.717) is 13.1 Å². The van der Waals surface area contributed by atoms with Crippen LogP contribution in [0.2, 0.25) is 0 Å². The van der Waals surface area contributed by atoms with Crippen LogP contribution in [-0.4, -0.2) is 40.4 Å². The lowest BCUT2D eigenvalue weighted by molar-refractivity contribution is 0.0733. The number of aryl methyl sites for hydroxylation is 1. The molecule has 1 fully saturated rings. The molecule has 5 nitrogen and oxygen atoms in total. The molecule has 0 radical (unpaired) electrons. The summed E-state index contributed by atoms with van der Waals surface area (Å²) in [5.74, 6) is 1.98. The van der Waals surface area contributed by atoms with Crippen molar-refractivity contribution >= 4 is 11.7 Å². The Kier molecular flexibility index (Phi) is 5.32. The van der Waals surface area contributed by atoms with Gasteiger partial charge in [-0.15, -0.1) is 0 Å². The number of aromatic nitrogens is 2. The first-order valence-electron chi connectivity index (χ1n) is 10.8. The number of nitrogens with zero attached hydrogens (tertiary/aromatic N) is 4. The van der Waals surface area contributed by atoms with Crippen LogP contribution >= 0.6 is 0 Å². The Hall–Kier alpha value is -2.43. The van der Waals surface area contributed by atoms with Crippen molar-refractivity contribution in [2.24, 2.45) is 0 Å². The van der Waals surface area contributed by atoms with E-state index in [1.165, 1.54) is 24.8 Å². The number of rotatable bonds is 2. The van der Waals surface area contributed by atoms with Crippen LogP contribution in [0.25, 0.3) is 0 Å². The number of benzene rings is 1. The van der Waals surface area contributed by atoms with Crippen LogP contribution < -0.4 is 4.90 Å². The first-order chi connectivity index (χ1) is 13.8. The second-order valence-electron chi connectivity index (χ2n) is 9.37. The summed E-state index contributed by atoms with van der Waals surface area (Å²) < 4.78 is 0. The van der Waals surface area contributed by atoms with Crippen LogP contribution in [0.4, 0.5) is 5.82 Å². The standard InChI is InChI=1S/C24H32N4O/c1-17-25-21-12-15-28(16-20(21)22(26-17)27-13-6-5-7-14-27)23(29)18-8-10-19(11-9-18)24(2,3)4/h8-11H,5-7,12-16H2,1-4H3. The van der Waals surface area contributed by atoms with Gasteiger partial charge in [0.25, 0.3) is 5.91 Å². The van der Waals surface area contributed by atoms with Gasteiger partial charge in [-0.25, -0.2) is 9.97 Å². The third-order valence-electron chi connectivity index (χ3n) is 6.09. The third-order valence-corrected chi connectivity index (χ3v) is 6.09. The summed E-state index contributed by atoms with van der Waals surface area (Å²) in [6.07, 6.45) is 4.50. The van der Waals surface area contributed by atoms with Crippen LogP contribution in [0.15, 0.2) is 24.3 Å². The maximum absolute atomic E-state index is 13.2. The summed E-state index contributed by atoms with van der Waals surface area (Å²) in [6, 6.07) is 8.10. The number of hydrogen-bond donors (Lipinski definition) is 0. The molecule has 2 aromatic rings. The highest BCUT2D eigenvalue weighted by Gasteiger charge is 2.28. The zero-order valence-electron chi connectivity index (χ0n) is 18.2. The summed E-state index contributed by atoms with van der Waals surface area (Å²) in [7, 11) is 0. The van der Waals surface area contributed by atoms with Crippen molar-refractivity contribution in [1.29, 1.82) is 0 Å². The van der Waals surface area contributed by atoms with Gasteiger partial charge in [0.05, 0.1) is 12.2 Å². The molecule has 1 saturated heterocycles. The van der Waals surface area contributed by atoms with Gasteiger partial charge in [-0.2, -0.15) is 0 Å². The van der Waals surface area contributed by atoms with E-state index >= 15 is 0 Å². The minimum Gasteiger partial charge on any atom is -0.356 e. The average molecular weight is 393 g/mol. The molecule has 3 heterocycles. The second kappa shape index (κ2) is 7.77. The maximum atomic E-state index is 13.2. The van der Waals surface area contributed by atoms with E-state index in [2.05, 4.69) is 37.8 Å². The Labute approximate surface area is 174 Å². The van der Waals surface area contributed by atoms with Crippen molar-refractivity contribution in [1.82, 2.24) is 14.9 Å². The smallest absolute Gasteiger partial charge is 0.254 e. The molecule has 5 heteroatoms. The maximum Gasteiger partial charge on any atom is 0.254 e. The fourth-order valence-corrected chi connectivity index (χ4v) is 4.35. The van der Waals surface area contributed by atoms with Crippen LogP contribution in [0.3, 0.4) is 0 Å². The van der Waals surface area contributed by atoms with Crippen molar-refractivity contribution in [3.05, 3.63) is 52.5 Å². The molecule has 0 aliphatic carbocycles. The predicted molar refractivity (Wildman–Crippen MR) is 116 cm³/mol. The van der Waals surface area contributed by atoms with Gasteiger partial charge in [0, 0.05) is 37.2 Å². The van der Waals surface area contributed by atoms with E-state index in [1.54, 1.807) is 0 Å². The molecule has 4 rings (SSSR count). The molecule has 1 amide bonds. The number of carbonyl (C=O) groups is 1. The molecule has 0 N–H and O–H groups in total. The van der Waals surface area contributed by atoms with Crippen molar-refractivity contribution < 1.29 is 4.79 Å². The highest BCUT2D eigenvalue weighted by molar-refractivity contribution is 5.94. The van der Waals surface area contributed by atoms with Crippen LogP contribution in [-0.2, 0) is 18.4 Å². The third kappa shape index (κ3) is 4.14. The molecule has 0 spiro atoms. The lowest BCUT2D eigenvalue weighted by Crippen LogP contribution is -2.39. The zero-order chi connectivity index (χ0) is 20.6. The molecular weight excluding hydrogens is 360 g/mol. The molecule has 154 valence electrons. The number of carbonyl (C=O) groups excluding carboxylic acids is 1. The summed E-state index contributed by atoms with van der Waals surface area (Å²) in [5.41, 5.74) is 4.35. The van der Waals surface area contributed by atoms with Crippen LogP contribution in [0.5, 0.6) is 0 Å². The minimum atomic E-state index is 0.0875. The normalized spacial score (nSPS) is 17.2. The molecule has 0 bridgehead atoms. The molecule has 0 atom stereocenters. The number of piperidine rings is 1. The number of fused-ring (bicyclic) bond motifs is 1. The molecule has 2 aliphatic rings. The molecule has 29 heavy (non-hydrogen) atoms. The van der Waals surface area contributed by atoms with Gasteiger partial charge in [-0.05, 0) is 49.3 Å². The Morgan fingerprint density at radius 1 is 0.966 bits per heavy atom. The first-order valence-corrected chi connectivity index (χ1v) is 10.8. The Balaban J connectivity index is 1.58. The first kappa shape index (κ1) is 19.9. The average Bonchev–Trinajstić information content (AvgIpc) is 2.72. The minimum absolute atomic E-state index is 0.0875. The Morgan fingerprint density at radius 2 is 1.66 bits per heavy atom. The van der Waals surface area contributed by atoms with Gasteiger partial charge in [0.1, 0.15) is 11.6 Å². The molecule has 1 aromatic heterocycles. The summed E-state index contributed by atoms with van der Waals surface area (Å²) in [4.78, 5) is 27.0. The van der Waals surface area contributed by atoms with Crippen LogP contribution in [0.1, 0.15) is 73.0 Å². The summed E-state index contributed by atoms with van der Waals surface area (Å²) in [5, 5.41) is 0. The quantitative estimate of drug-likeness (QED) is 0.766. The van der Waals surface area contributed by atoms with Gasteiger partial charge < -0.3 is 9.80 Å². The number of anilines is 1. The largest absolute Gasteiger partial charge is 0.356 e. The number of amides is 1. The van der Waals surface area contributed by atoms with Crippen molar-refractivity contribution in [2.75, 3.05) is 24.5 Å². The highest BCUT2D eigenvalue weighted by Crippen LogP contribution is 2.30. The van der Waals surface area contributed by atoms with Crippen molar-refractivity contribution in [3.8, 4) is 0 Å². The van der Waals surface area contributed by atoms with E-state index in [1.807, 2.05) is 24.0 Å². The van der Waals surface area contributed by atoms with E-state index in [4.69, 9.17) is 9.97 Å². The van der Waals surface area contributed by atoms with Gasteiger partial charge >= 0.3 is 0 Å². The Bertz CT molecular complexity index is 892. The monoisotopic (exact) mass is 392 g/mol. The van der Waals surface area contributed by atoms with E-state index in [0.717, 1.165) is 48.0 Å². The molecule has 0 saturated carbocycles. The highest BCUT2D eigenvalue weighted by atomic mass is 16.2. The lowest BCUT2D eigenvalue weighted by Gasteiger charge is -2.34. The zero-order valence-corrected chi connectivity index (χ0v) is 18.2. The molecule has 0 unspecified atom stereocenters. The van der Waals surface area contributed by atoms with Gasteiger partial charge in [-0.1, -0.05) is 32.9 Å². The Morgan fingerprint density at radius 3 is 2.31 bits per heavy atom. The molecule has 1 aromatic carbocycles. The molecular formula is C24H32N4O. The van der Waals surface area contributed by atoms with Crippen molar-refractivity contribution in [2.45, 2.75) is 65.3 Å². The van der Waals surface area contributed by atoms with Gasteiger partial charge in [-0.3, -0.25) is 4.79 Å². The SMILES string of the molecule is Cc1nc2c(c(N3CCCCC3)n1)CN(C(=O)c1ccc(C(C)(C)C)cc1)CC2.